The van der Waals surface area contributed by atoms with Gasteiger partial charge in [-0.25, -0.2) is 4.39 Å². The van der Waals surface area contributed by atoms with E-state index in [9.17, 15) is 14.0 Å². The molecule has 0 saturated carbocycles. The van der Waals surface area contributed by atoms with Crippen LogP contribution in [0.5, 0.6) is 5.75 Å². The first-order valence-electron chi connectivity index (χ1n) is 9.14. The van der Waals surface area contributed by atoms with Crippen molar-refractivity contribution in [1.29, 1.82) is 0 Å². The Hall–Kier alpha value is -2.70. The number of nitrogens with zero attached hydrogens (tertiary/aromatic N) is 3. The van der Waals surface area contributed by atoms with Crippen molar-refractivity contribution in [3.05, 3.63) is 47.0 Å². The van der Waals surface area contributed by atoms with Crippen LogP contribution in [0.15, 0.2) is 24.3 Å². The first-order chi connectivity index (χ1) is 12.9. The maximum Gasteiger partial charge on any atom is 0.272 e. The number of amides is 1. The number of halogens is 1. The van der Waals surface area contributed by atoms with Crippen LogP contribution in [0, 0.1) is 11.7 Å². The molecule has 7 heteroatoms. The summed E-state index contributed by atoms with van der Waals surface area (Å²) in [6.45, 7) is 2.92. The lowest BCUT2D eigenvalue weighted by atomic mass is 9.89. The van der Waals surface area contributed by atoms with Crippen molar-refractivity contribution in [2.24, 2.45) is 13.0 Å². The average molecular weight is 373 g/mol. The van der Waals surface area contributed by atoms with E-state index in [1.165, 1.54) is 19.2 Å². The zero-order valence-corrected chi connectivity index (χ0v) is 15.9. The minimum Gasteiger partial charge on any atom is -0.494 e. The van der Waals surface area contributed by atoms with Gasteiger partial charge in [0.25, 0.3) is 5.91 Å². The van der Waals surface area contributed by atoms with E-state index in [4.69, 9.17) is 4.74 Å². The second kappa shape index (κ2) is 7.90. The lowest BCUT2D eigenvalue weighted by Crippen LogP contribution is -2.43. The second-order valence-electron chi connectivity index (χ2n) is 6.80. The van der Waals surface area contributed by atoms with E-state index in [0.717, 1.165) is 18.5 Å². The Labute approximate surface area is 157 Å². The summed E-state index contributed by atoms with van der Waals surface area (Å²) in [5.41, 5.74) is 1.69. The third kappa shape index (κ3) is 3.86. The van der Waals surface area contributed by atoms with Crippen LogP contribution in [0.2, 0.25) is 0 Å². The van der Waals surface area contributed by atoms with Crippen LogP contribution < -0.4 is 4.74 Å². The van der Waals surface area contributed by atoms with E-state index in [-0.39, 0.29) is 23.4 Å². The number of piperidine rings is 1. The van der Waals surface area contributed by atoms with Gasteiger partial charge < -0.3 is 9.64 Å². The normalized spacial score (nSPS) is 17.0. The van der Waals surface area contributed by atoms with Crippen LogP contribution in [0.4, 0.5) is 4.39 Å². The van der Waals surface area contributed by atoms with Gasteiger partial charge in [0.2, 0.25) is 0 Å². The number of Topliss-reactive ketones (excluding diaryl/α,β-unsaturated/α-hetero) is 1. The van der Waals surface area contributed by atoms with Crippen LogP contribution in [0.3, 0.4) is 0 Å². The number of hydrogen-bond donors (Lipinski definition) is 0. The zero-order valence-electron chi connectivity index (χ0n) is 15.9. The van der Waals surface area contributed by atoms with Crippen molar-refractivity contribution >= 4 is 11.7 Å². The van der Waals surface area contributed by atoms with Gasteiger partial charge in [-0.3, -0.25) is 14.3 Å². The number of likely N-dealkylation sites (tertiary alicyclic amines) is 1. The van der Waals surface area contributed by atoms with E-state index >= 15 is 0 Å². The molecule has 0 bridgehead atoms. The van der Waals surface area contributed by atoms with E-state index in [2.05, 4.69) is 5.10 Å². The highest BCUT2D eigenvalue weighted by Crippen LogP contribution is 2.25. The molecule has 0 unspecified atom stereocenters. The molecule has 1 aliphatic rings. The SMILES string of the molecule is CCc1cc(C(=O)N2CCC[C@@H](C(=O)c3ccc(OC)c(F)c3)C2)n(C)n1. The van der Waals surface area contributed by atoms with Crippen LogP contribution in [0.1, 0.15) is 46.3 Å². The number of ketones is 1. The number of rotatable bonds is 5. The van der Waals surface area contributed by atoms with Gasteiger partial charge in [-0.2, -0.15) is 5.10 Å². The van der Waals surface area contributed by atoms with Gasteiger partial charge in [-0.05, 0) is 43.5 Å². The lowest BCUT2D eigenvalue weighted by molar-refractivity contribution is 0.0628. The largest absolute Gasteiger partial charge is 0.494 e. The van der Waals surface area contributed by atoms with E-state index in [1.54, 1.807) is 28.8 Å². The van der Waals surface area contributed by atoms with Crippen molar-refractivity contribution in [3.63, 3.8) is 0 Å². The summed E-state index contributed by atoms with van der Waals surface area (Å²) in [6.07, 6.45) is 2.17. The Bertz CT molecular complexity index is 862. The van der Waals surface area contributed by atoms with Gasteiger partial charge in [0.15, 0.2) is 17.3 Å². The molecule has 3 rings (SSSR count). The third-order valence-electron chi connectivity index (χ3n) is 5.03. The maximum absolute atomic E-state index is 13.9. The summed E-state index contributed by atoms with van der Waals surface area (Å²) in [4.78, 5) is 27.4. The first kappa shape index (κ1) is 19.1. The smallest absolute Gasteiger partial charge is 0.272 e. The molecule has 1 atom stereocenters. The van der Waals surface area contributed by atoms with Gasteiger partial charge >= 0.3 is 0 Å². The molecular weight excluding hydrogens is 349 g/mol. The van der Waals surface area contributed by atoms with Crippen LogP contribution in [0.25, 0.3) is 0 Å². The molecule has 0 aliphatic carbocycles. The summed E-state index contributed by atoms with van der Waals surface area (Å²) in [7, 11) is 3.13. The molecule has 0 N–H and O–H groups in total. The number of methoxy groups -OCH3 is 1. The summed E-state index contributed by atoms with van der Waals surface area (Å²) in [5.74, 6) is -1.06. The lowest BCUT2D eigenvalue weighted by Gasteiger charge is -2.32. The quantitative estimate of drug-likeness (QED) is 0.756. The van der Waals surface area contributed by atoms with Crippen LogP contribution >= 0.6 is 0 Å². The summed E-state index contributed by atoms with van der Waals surface area (Å²) < 4.78 is 20.4. The molecule has 1 fully saturated rings. The Morgan fingerprint density at radius 1 is 1.33 bits per heavy atom. The Kier molecular flexibility index (Phi) is 5.58. The van der Waals surface area contributed by atoms with Crippen molar-refractivity contribution < 1.29 is 18.7 Å². The Balaban J connectivity index is 1.75. The van der Waals surface area contributed by atoms with Gasteiger partial charge in [0, 0.05) is 31.6 Å². The first-order valence-corrected chi connectivity index (χ1v) is 9.14. The van der Waals surface area contributed by atoms with Crippen molar-refractivity contribution in [2.75, 3.05) is 20.2 Å². The molecule has 2 heterocycles. The van der Waals surface area contributed by atoms with Crippen molar-refractivity contribution in [2.45, 2.75) is 26.2 Å². The molecule has 1 aromatic carbocycles. The molecule has 1 saturated heterocycles. The third-order valence-corrected chi connectivity index (χ3v) is 5.03. The number of ether oxygens (including phenoxy) is 1. The zero-order chi connectivity index (χ0) is 19.6. The van der Waals surface area contributed by atoms with E-state index < -0.39 is 5.82 Å². The van der Waals surface area contributed by atoms with Gasteiger partial charge in [0.1, 0.15) is 5.69 Å². The Morgan fingerprint density at radius 3 is 2.74 bits per heavy atom. The highest BCUT2D eigenvalue weighted by Gasteiger charge is 2.31. The molecular formula is C20H24FN3O3. The summed E-state index contributed by atoms with van der Waals surface area (Å²) >= 11 is 0. The molecule has 0 spiro atoms. The van der Waals surface area contributed by atoms with Gasteiger partial charge in [-0.1, -0.05) is 6.92 Å². The molecule has 6 nitrogen and oxygen atoms in total. The van der Waals surface area contributed by atoms with Gasteiger partial charge in [-0.15, -0.1) is 0 Å². The number of hydrogen-bond acceptors (Lipinski definition) is 4. The predicted octanol–water partition coefficient (Wildman–Crippen LogP) is 2.87. The summed E-state index contributed by atoms with van der Waals surface area (Å²) in [5, 5.41) is 4.32. The molecule has 1 amide bonds. The highest BCUT2D eigenvalue weighted by molar-refractivity contribution is 5.99. The molecule has 27 heavy (non-hydrogen) atoms. The van der Waals surface area contributed by atoms with Crippen molar-refractivity contribution in [3.8, 4) is 5.75 Å². The molecule has 0 radical (unpaired) electrons. The maximum atomic E-state index is 13.9. The monoisotopic (exact) mass is 373 g/mol. The highest BCUT2D eigenvalue weighted by atomic mass is 19.1. The molecule has 144 valence electrons. The fraction of sp³-hybridized carbons (Fsp3) is 0.450. The number of carbonyl (C=O) groups excluding carboxylic acids is 2. The minimum atomic E-state index is -0.561. The fourth-order valence-electron chi connectivity index (χ4n) is 3.49. The summed E-state index contributed by atoms with van der Waals surface area (Å²) in [6, 6.07) is 6.03. The Morgan fingerprint density at radius 2 is 2.11 bits per heavy atom. The predicted molar refractivity (Wildman–Crippen MR) is 98.5 cm³/mol. The molecule has 2 aromatic rings. The number of aryl methyl sites for hydroxylation is 2. The molecule has 1 aliphatic heterocycles. The van der Waals surface area contributed by atoms with Crippen LogP contribution in [-0.4, -0.2) is 46.6 Å². The van der Waals surface area contributed by atoms with Crippen LogP contribution in [-0.2, 0) is 13.5 Å². The number of aromatic nitrogens is 2. The standard InChI is InChI=1S/C20H24FN3O3/c1-4-15-11-17(23(2)22-15)20(26)24-9-5-6-14(12-24)19(25)13-7-8-18(27-3)16(21)10-13/h7-8,10-11,14H,4-6,9,12H2,1-3H3/t14-/m1/s1. The van der Waals surface area contributed by atoms with Gasteiger partial charge in [0.05, 0.1) is 12.8 Å². The van der Waals surface area contributed by atoms with E-state index in [0.29, 0.717) is 30.8 Å². The average Bonchev–Trinajstić information content (AvgIpc) is 3.07. The minimum absolute atomic E-state index is 0.106. The van der Waals surface area contributed by atoms with Crippen molar-refractivity contribution in [1.82, 2.24) is 14.7 Å². The van der Waals surface area contributed by atoms with E-state index in [1.807, 2.05) is 6.92 Å². The fourth-order valence-corrected chi connectivity index (χ4v) is 3.49. The molecule has 1 aromatic heterocycles. The number of benzene rings is 1. The topological polar surface area (TPSA) is 64.4 Å². The number of carbonyl (C=O) groups is 2. The second-order valence-corrected chi connectivity index (χ2v) is 6.80.